The van der Waals surface area contributed by atoms with Gasteiger partial charge < -0.3 is 15.3 Å². The van der Waals surface area contributed by atoms with E-state index in [0.29, 0.717) is 16.6 Å². The molecule has 20 heavy (non-hydrogen) atoms. The number of phenolic OH excluding ortho intramolecular Hbond substituents is 1. The van der Waals surface area contributed by atoms with Crippen LogP contribution in [0.1, 0.15) is 25.3 Å². The van der Waals surface area contributed by atoms with Crippen LogP contribution in [-0.4, -0.2) is 36.2 Å². The minimum atomic E-state index is 0.121. The van der Waals surface area contributed by atoms with Crippen molar-refractivity contribution in [2.45, 2.75) is 26.3 Å². The minimum absolute atomic E-state index is 0.121. The lowest BCUT2D eigenvalue weighted by Gasteiger charge is -2.30. The standard InChI is InChI=1S/C15H22Cl2N2O/c1-11-2-5-19(6-3-11)7-4-18-10-12-8-13(16)9-14(17)15(12)20/h8-9,11,18,20H,2-7,10H2,1H3. The van der Waals surface area contributed by atoms with E-state index in [1.54, 1.807) is 12.1 Å². The van der Waals surface area contributed by atoms with E-state index in [1.807, 2.05) is 0 Å². The topological polar surface area (TPSA) is 35.5 Å². The van der Waals surface area contributed by atoms with E-state index in [2.05, 4.69) is 17.1 Å². The van der Waals surface area contributed by atoms with Gasteiger partial charge in [0.1, 0.15) is 5.75 Å². The second-order valence-corrected chi connectivity index (χ2v) is 6.44. The fourth-order valence-corrected chi connectivity index (χ4v) is 3.04. The molecule has 0 bridgehead atoms. The SMILES string of the molecule is CC1CCN(CCNCc2cc(Cl)cc(Cl)c2O)CC1. The summed E-state index contributed by atoms with van der Waals surface area (Å²) in [6.07, 6.45) is 2.59. The third kappa shape index (κ3) is 4.52. The molecular weight excluding hydrogens is 295 g/mol. The van der Waals surface area contributed by atoms with Gasteiger partial charge in [0.05, 0.1) is 5.02 Å². The summed E-state index contributed by atoms with van der Waals surface area (Å²) in [5, 5.41) is 14.1. The minimum Gasteiger partial charge on any atom is -0.506 e. The van der Waals surface area contributed by atoms with Gasteiger partial charge in [-0.3, -0.25) is 0 Å². The predicted molar refractivity (Wildman–Crippen MR) is 84.7 cm³/mol. The maximum atomic E-state index is 9.86. The Kier molecular flexibility index (Phi) is 5.97. The highest BCUT2D eigenvalue weighted by Crippen LogP contribution is 2.30. The number of hydrogen-bond acceptors (Lipinski definition) is 3. The Balaban J connectivity index is 1.73. The maximum Gasteiger partial charge on any atom is 0.138 e. The third-order valence-corrected chi connectivity index (χ3v) is 4.41. The summed E-state index contributed by atoms with van der Waals surface area (Å²) in [4.78, 5) is 2.48. The molecule has 2 N–H and O–H groups in total. The molecule has 1 aliphatic rings. The van der Waals surface area contributed by atoms with Gasteiger partial charge in [-0.25, -0.2) is 0 Å². The molecule has 1 saturated heterocycles. The Labute approximate surface area is 130 Å². The molecule has 1 aliphatic heterocycles. The lowest BCUT2D eigenvalue weighted by Crippen LogP contribution is -2.37. The molecule has 2 rings (SSSR count). The molecule has 1 fully saturated rings. The van der Waals surface area contributed by atoms with E-state index >= 15 is 0 Å². The zero-order chi connectivity index (χ0) is 14.5. The van der Waals surface area contributed by atoms with Crippen molar-refractivity contribution in [1.82, 2.24) is 10.2 Å². The third-order valence-electron chi connectivity index (χ3n) is 3.90. The van der Waals surface area contributed by atoms with E-state index in [4.69, 9.17) is 23.2 Å². The van der Waals surface area contributed by atoms with Crippen LogP contribution in [0.4, 0.5) is 0 Å². The number of halogens is 2. The second-order valence-electron chi connectivity index (χ2n) is 5.60. The lowest BCUT2D eigenvalue weighted by molar-refractivity contribution is 0.193. The first-order valence-electron chi connectivity index (χ1n) is 7.16. The average molecular weight is 317 g/mol. The molecule has 1 aromatic carbocycles. The summed E-state index contributed by atoms with van der Waals surface area (Å²) in [6.45, 7) is 7.23. The van der Waals surface area contributed by atoms with Crippen molar-refractivity contribution in [3.63, 3.8) is 0 Å². The number of rotatable bonds is 5. The first-order chi connectivity index (χ1) is 9.56. The van der Waals surface area contributed by atoms with E-state index in [9.17, 15) is 5.11 Å². The van der Waals surface area contributed by atoms with Crippen LogP contribution in [-0.2, 0) is 6.54 Å². The first kappa shape index (κ1) is 15.9. The smallest absolute Gasteiger partial charge is 0.138 e. The quantitative estimate of drug-likeness (QED) is 0.816. The maximum absolute atomic E-state index is 9.86. The molecular formula is C15H22Cl2N2O. The van der Waals surface area contributed by atoms with Gasteiger partial charge in [0.15, 0.2) is 0 Å². The number of aromatic hydroxyl groups is 1. The Bertz CT molecular complexity index is 446. The van der Waals surface area contributed by atoms with E-state index in [-0.39, 0.29) is 5.75 Å². The van der Waals surface area contributed by atoms with Crippen LogP contribution in [0, 0.1) is 5.92 Å². The summed E-state index contributed by atoms with van der Waals surface area (Å²) < 4.78 is 0. The van der Waals surface area contributed by atoms with Crippen molar-refractivity contribution >= 4 is 23.2 Å². The van der Waals surface area contributed by atoms with Crippen molar-refractivity contribution in [3.05, 3.63) is 27.7 Å². The van der Waals surface area contributed by atoms with E-state index in [0.717, 1.165) is 24.6 Å². The van der Waals surface area contributed by atoms with Gasteiger partial charge in [0.25, 0.3) is 0 Å². The molecule has 0 aliphatic carbocycles. The highest BCUT2D eigenvalue weighted by atomic mass is 35.5. The first-order valence-corrected chi connectivity index (χ1v) is 7.92. The normalized spacial score (nSPS) is 17.6. The number of piperidine rings is 1. The highest BCUT2D eigenvalue weighted by Gasteiger charge is 2.14. The van der Waals surface area contributed by atoms with E-state index < -0.39 is 0 Å². The van der Waals surface area contributed by atoms with Crippen LogP contribution in [0.15, 0.2) is 12.1 Å². The fraction of sp³-hybridized carbons (Fsp3) is 0.600. The second kappa shape index (κ2) is 7.51. The zero-order valence-electron chi connectivity index (χ0n) is 11.8. The van der Waals surface area contributed by atoms with Crippen molar-refractivity contribution < 1.29 is 5.11 Å². The van der Waals surface area contributed by atoms with Gasteiger partial charge in [-0.1, -0.05) is 30.1 Å². The summed E-state index contributed by atoms with van der Waals surface area (Å²) in [5.74, 6) is 0.986. The number of hydrogen-bond donors (Lipinski definition) is 2. The molecule has 1 aromatic rings. The van der Waals surface area contributed by atoms with Gasteiger partial charge >= 0.3 is 0 Å². The molecule has 0 spiro atoms. The van der Waals surface area contributed by atoms with Gasteiger partial charge in [-0.15, -0.1) is 0 Å². The monoisotopic (exact) mass is 316 g/mol. The van der Waals surface area contributed by atoms with Crippen LogP contribution in [0.3, 0.4) is 0 Å². The molecule has 3 nitrogen and oxygen atoms in total. The Morgan fingerprint density at radius 3 is 2.70 bits per heavy atom. The molecule has 0 amide bonds. The van der Waals surface area contributed by atoms with Gasteiger partial charge in [-0.2, -0.15) is 0 Å². The molecule has 0 unspecified atom stereocenters. The Morgan fingerprint density at radius 1 is 1.30 bits per heavy atom. The van der Waals surface area contributed by atoms with Crippen LogP contribution in [0.25, 0.3) is 0 Å². The highest BCUT2D eigenvalue weighted by molar-refractivity contribution is 6.35. The molecule has 0 aromatic heterocycles. The van der Waals surface area contributed by atoms with Crippen molar-refractivity contribution in [2.75, 3.05) is 26.2 Å². The predicted octanol–water partition coefficient (Wildman–Crippen LogP) is 3.52. The summed E-state index contributed by atoms with van der Waals surface area (Å²) in [5.41, 5.74) is 0.745. The zero-order valence-corrected chi connectivity index (χ0v) is 13.3. The van der Waals surface area contributed by atoms with Gasteiger partial charge in [-0.05, 0) is 44.0 Å². The molecule has 112 valence electrons. The number of nitrogens with zero attached hydrogens (tertiary/aromatic N) is 1. The molecule has 0 atom stereocenters. The fourth-order valence-electron chi connectivity index (χ4n) is 2.50. The average Bonchev–Trinajstić information content (AvgIpc) is 2.42. The van der Waals surface area contributed by atoms with Crippen LogP contribution in [0.5, 0.6) is 5.75 Å². The van der Waals surface area contributed by atoms with Crippen molar-refractivity contribution in [2.24, 2.45) is 5.92 Å². The van der Waals surface area contributed by atoms with Crippen molar-refractivity contribution in [3.8, 4) is 5.75 Å². The lowest BCUT2D eigenvalue weighted by atomic mass is 9.99. The number of phenols is 1. The van der Waals surface area contributed by atoms with Gasteiger partial charge in [0, 0.05) is 30.2 Å². The summed E-state index contributed by atoms with van der Waals surface area (Å²) in [6, 6.07) is 3.30. The number of nitrogens with one attached hydrogen (secondary N) is 1. The molecule has 0 radical (unpaired) electrons. The van der Waals surface area contributed by atoms with Gasteiger partial charge in [0.2, 0.25) is 0 Å². The van der Waals surface area contributed by atoms with E-state index in [1.165, 1.54) is 25.9 Å². The van der Waals surface area contributed by atoms with Crippen molar-refractivity contribution in [1.29, 1.82) is 0 Å². The number of likely N-dealkylation sites (tertiary alicyclic amines) is 1. The largest absolute Gasteiger partial charge is 0.506 e. The summed E-state index contributed by atoms with van der Waals surface area (Å²) >= 11 is 11.8. The Hall–Kier alpha value is -0.480. The number of benzene rings is 1. The summed E-state index contributed by atoms with van der Waals surface area (Å²) in [7, 11) is 0. The molecule has 5 heteroatoms. The van der Waals surface area contributed by atoms with Crippen LogP contribution >= 0.6 is 23.2 Å². The van der Waals surface area contributed by atoms with Crippen LogP contribution in [0.2, 0.25) is 10.0 Å². The molecule has 1 heterocycles. The molecule has 0 saturated carbocycles. The van der Waals surface area contributed by atoms with Crippen LogP contribution < -0.4 is 5.32 Å². The Morgan fingerprint density at radius 2 is 2.00 bits per heavy atom.